The smallest absolute Gasteiger partial charge is 0.336 e. The molecule has 2 N–H and O–H groups in total. The quantitative estimate of drug-likeness (QED) is 0.855. The van der Waals surface area contributed by atoms with Crippen molar-refractivity contribution in [1.82, 2.24) is 0 Å². The van der Waals surface area contributed by atoms with Crippen molar-refractivity contribution in [2.75, 3.05) is 5.32 Å². The molecule has 0 spiro atoms. The van der Waals surface area contributed by atoms with Crippen molar-refractivity contribution in [3.63, 3.8) is 0 Å². The molecule has 21 heavy (non-hydrogen) atoms. The van der Waals surface area contributed by atoms with Gasteiger partial charge in [-0.15, -0.1) is 0 Å². The summed E-state index contributed by atoms with van der Waals surface area (Å²) in [5.74, 6) is -6.77. The van der Waals surface area contributed by atoms with Gasteiger partial charge in [0.2, 0.25) is 0 Å². The molecule has 0 saturated heterocycles. The zero-order valence-corrected chi connectivity index (χ0v) is 10.4. The maximum Gasteiger partial charge on any atom is 0.336 e. The van der Waals surface area contributed by atoms with Crippen LogP contribution in [0.25, 0.3) is 0 Å². The predicted molar refractivity (Wildman–Crippen MR) is 67.7 cm³/mol. The lowest BCUT2D eigenvalue weighted by Crippen LogP contribution is -2.16. The number of carboxylic acids is 1. The Kier molecular flexibility index (Phi) is 3.93. The van der Waals surface area contributed by atoms with Gasteiger partial charge in [0.05, 0.1) is 11.1 Å². The second-order valence-corrected chi connectivity index (χ2v) is 4.06. The van der Waals surface area contributed by atoms with Crippen molar-refractivity contribution in [2.45, 2.75) is 0 Å². The van der Waals surface area contributed by atoms with Crippen LogP contribution in [-0.4, -0.2) is 17.0 Å². The van der Waals surface area contributed by atoms with Crippen molar-refractivity contribution < 1.29 is 27.9 Å². The number of halogens is 3. The molecule has 4 nitrogen and oxygen atoms in total. The Morgan fingerprint density at radius 2 is 1.48 bits per heavy atom. The molecule has 0 aliphatic carbocycles. The highest BCUT2D eigenvalue weighted by Crippen LogP contribution is 2.19. The molecule has 0 atom stereocenters. The summed E-state index contributed by atoms with van der Waals surface area (Å²) in [6.07, 6.45) is 0. The molecule has 0 heterocycles. The van der Waals surface area contributed by atoms with E-state index in [1.807, 2.05) is 0 Å². The van der Waals surface area contributed by atoms with Crippen LogP contribution in [0.2, 0.25) is 0 Å². The monoisotopic (exact) mass is 295 g/mol. The Balaban J connectivity index is 2.33. The molecule has 0 bridgehead atoms. The van der Waals surface area contributed by atoms with Crippen LogP contribution < -0.4 is 5.32 Å². The zero-order valence-electron chi connectivity index (χ0n) is 10.4. The van der Waals surface area contributed by atoms with Crippen LogP contribution in [0, 0.1) is 17.5 Å². The number of amides is 1. The van der Waals surface area contributed by atoms with Crippen LogP contribution in [0.1, 0.15) is 20.7 Å². The van der Waals surface area contributed by atoms with Crippen molar-refractivity contribution in [1.29, 1.82) is 0 Å². The van der Waals surface area contributed by atoms with Gasteiger partial charge in [-0.25, -0.2) is 18.0 Å². The summed E-state index contributed by atoms with van der Waals surface area (Å²) >= 11 is 0. The lowest BCUT2D eigenvalue weighted by atomic mass is 10.1. The summed E-state index contributed by atoms with van der Waals surface area (Å²) in [6.45, 7) is 0. The van der Waals surface area contributed by atoms with E-state index < -0.39 is 29.3 Å². The summed E-state index contributed by atoms with van der Waals surface area (Å²) in [4.78, 5) is 22.9. The van der Waals surface area contributed by atoms with Crippen LogP contribution in [-0.2, 0) is 0 Å². The Hall–Kier alpha value is -2.83. The van der Waals surface area contributed by atoms with E-state index >= 15 is 0 Å². The number of aromatic carboxylic acids is 1. The number of hydrogen-bond donors (Lipinski definition) is 2. The molecular formula is C14H8F3NO3. The molecule has 1 amide bonds. The van der Waals surface area contributed by atoms with Gasteiger partial charge in [0.15, 0.2) is 17.5 Å². The minimum absolute atomic E-state index is 0.185. The number of benzene rings is 2. The molecule has 2 aromatic rings. The van der Waals surface area contributed by atoms with Gasteiger partial charge in [-0.2, -0.15) is 0 Å². The normalized spacial score (nSPS) is 10.2. The molecule has 0 aromatic heterocycles. The largest absolute Gasteiger partial charge is 0.478 e. The average Bonchev–Trinajstić information content (AvgIpc) is 2.44. The van der Waals surface area contributed by atoms with E-state index in [9.17, 15) is 22.8 Å². The molecule has 0 aliphatic rings. The van der Waals surface area contributed by atoms with Crippen LogP contribution >= 0.6 is 0 Å². The van der Waals surface area contributed by atoms with E-state index in [-0.39, 0.29) is 16.8 Å². The maximum absolute atomic E-state index is 13.0. The van der Waals surface area contributed by atoms with Crippen molar-refractivity contribution >= 4 is 17.6 Å². The highest BCUT2D eigenvalue weighted by atomic mass is 19.2. The molecule has 2 aromatic carbocycles. The summed E-state index contributed by atoms with van der Waals surface area (Å²) in [6, 6.07) is 6.52. The third kappa shape index (κ3) is 3.02. The first kappa shape index (κ1) is 14.6. The fourth-order valence-electron chi connectivity index (χ4n) is 1.69. The summed E-state index contributed by atoms with van der Waals surface area (Å²) in [5, 5.41) is 11.1. The topological polar surface area (TPSA) is 66.4 Å². The van der Waals surface area contributed by atoms with Crippen molar-refractivity contribution in [2.24, 2.45) is 0 Å². The minimum atomic E-state index is -1.65. The summed E-state index contributed by atoms with van der Waals surface area (Å²) in [5.41, 5.74) is -0.773. The highest BCUT2D eigenvalue weighted by molar-refractivity contribution is 6.10. The second kappa shape index (κ2) is 5.66. The van der Waals surface area contributed by atoms with Gasteiger partial charge in [-0.3, -0.25) is 4.79 Å². The summed E-state index contributed by atoms with van der Waals surface area (Å²) in [7, 11) is 0. The SMILES string of the molecule is O=C(O)c1ccccc1C(=O)Nc1cc(F)c(F)c(F)c1. The second-order valence-electron chi connectivity index (χ2n) is 4.06. The molecule has 2 rings (SSSR count). The molecule has 0 saturated carbocycles. The molecule has 0 unspecified atom stereocenters. The first-order valence-electron chi connectivity index (χ1n) is 5.68. The zero-order chi connectivity index (χ0) is 15.6. The number of nitrogens with one attached hydrogen (secondary N) is 1. The molecule has 0 radical (unpaired) electrons. The van der Waals surface area contributed by atoms with Gasteiger partial charge in [0.1, 0.15) is 0 Å². The summed E-state index contributed by atoms with van der Waals surface area (Å²) < 4.78 is 38.9. The Morgan fingerprint density at radius 3 is 2.00 bits per heavy atom. The number of carbonyl (C=O) groups excluding carboxylic acids is 1. The molecular weight excluding hydrogens is 287 g/mol. The van der Waals surface area contributed by atoms with Crippen molar-refractivity contribution in [3.8, 4) is 0 Å². The van der Waals surface area contributed by atoms with Gasteiger partial charge in [-0.1, -0.05) is 12.1 Å². The number of carbonyl (C=O) groups is 2. The van der Waals surface area contributed by atoms with E-state index in [4.69, 9.17) is 5.11 Å². The van der Waals surface area contributed by atoms with Crippen molar-refractivity contribution in [3.05, 3.63) is 65.0 Å². The lowest BCUT2D eigenvalue weighted by molar-refractivity contribution is 0.0692. The van der Waals surface area contributed by atoms with Crippen LogP contribution in [0.3, 0.4) is 0 Å². The van der Waals surface area contributed by atoms with E-state index in [1.54, 1.807) is 0 Å². The average molecular weight is 295 g/mol. The molecule has 7 heteroatoms. The predicted octanol–water partition coefficient (Wildman–Crippen LogP) is 3.05. The van der Waals surface area contributed by atoms with Gasteiger partial charge < -0.3 is 10.4 Å². The standard InChI is InChI=1S/C14H8F3NO3/c15-10-5-7(6-11(16)12(10)17)18-13(19)8-3-1-2-4-9(8)14(20)21/h1-6H,(H,18,19)(H,20,21). The first-order valence-corrected chi connectivity index (χ1v) is 5.68. The number of anilines is 1. The van der Waals surface area contributed by atoms with Crippen LogP contribution in [0.15, 0.2) is 36.4 Å². The van der Waals surface area contributed by atoms with E-state index in [2.05, 4.69) is 5.32 Å². The third-order valence-electron chi connectivity index (χ3n) is 2.64. The Morgan fingerprint density at radius 1 is 0.952 bits per heavy atom. The maximum atomic E-state index is 13.0. The Bertz CT molecular complexity index is 708. The van der Waals surface area contributed by atoms with Gasteiger partial charge in [0, 0.05) is 17.8 Å². The number of carboxylic acid groups (broad SMARTS) is 1. The molecule has 108 valence electrons. The fourth-order valence-corrected chi connectivity index (χ4v) is 1.69. The minimum Gasteiger partial charge on any atom is -0.478 e. The lowest BCUT2D eigenvalue weighted by Gasteiger charge is -2.08. The molecule has 0 aliphatic heterocycles. The van der Waals surface area contributed by atoms with Gasteiger partial charge >= 0.3 is 5.97 Å². The van der Waals surface area contributed by atoms with E-state index in [1.165, 1.54) is 24.3 Å². The molecule has 0 fully saturated rings. The first-order chi connectivity index (χ1) is 9.90. The number of rotatable bonds is 3. The van der Waals surface area contributed by atoms with E-state index in [0.717, 1.165) is 0 Å². The van der Waals surface area contributed by atoms with Crippen LogP contribution in [0.5, 0.6) is 0 Å². The van der Waals surface area contributed by atoms with Gasteiger partial charge in [0.25, 0.3) is 5.91 Å². The number of hydrogen-bond acceptors (Lipinski definition) is 2. The van der Waals surface area contributed by atoms with Gasteiger partial charge in [-0.05, 0) is 12.1 Å². The highest BCUT2D eigenvalue weighted by Gasteiger charge is 2.17. The third-order valence-corrected chi connectivity index (χ3v) is 2.64. The van der Waals surface area contributed by atoms with Crippen LogP contribution in [0.4, 0.5) is 18.9 Å². The Labute approximate surface area is 116 Å². The fraction of sp³-hybridized carbons (Fsp3) is 0. The van der Waals surface area contributed by atoms with E-state index in [0.29, 0.717) is 12.1 Å².